The van der Waals surface area contributed by atoms with E-state index in [9.17, 15) is 23.1 Å². The number of carboxylic acids is 1. The van der Waals surface area contributed by atoms with Crippen LogP contribution in [0.5, 0.6) is 5.75 Å². The van der Waals surface area contributed by atoms with E-state index in [1.54, 1.807) is 7.11 Å². The topological polar surface area (TPSA) is 62.7 Å². The lowest BCUT2D eigenvalue weighted by molar-refractivity contribution is -0.138. The second-order valence-electron chi connectivity index (χ2n) is 10.2. The van der Waals surface area contributed by atoms with Crippen LogP contribution in [-0.4, -0.2) is 47.7 Å². The molecule has 0 spiro atoms. The molecule has 40 heavy (non-hydrogen) atoms. The van der Waals surface area contributed by atoms with Gasteiger partial charge in [0.25, 0.3) is 0 Å². The number of hydrogen-bond donors (Lipinski definition) is 1. The molecule has 0 aliphatic carbocycles. The summed E-state index contributed by atoms with van der Waals surface area (Å²) >= 11 is 5.70. The van der Waals surface area contributed by atoms with Crippen LogP contribution in [-0.2, 0) is 17.4 Å². The molecule has 1 aromatic heterocycles. The number of nitrogens with zero attached hydrogens (tertiary/aromatic N) is 2. The molecule has 1 aliphatic rings. The van der Waals surface area contributed by atoms with Crippen molar-refractivity contribution in [3.05, 3.63) is 70.4 Å². The number of ether oxygens (including phenoxy) is 1. The number of carboxylic acid groups (broad SMARTS) is 1. The summed E-state index contributed by atoms with van der Waals surface area (Å²) in [6.07, 6.45) is 1.77. The summed E-state index contributed by atoms with van der Waals surface area (Å²) in [6.45, 7) is 1.94. The van der Waals surface area contributed by atoms with Gasteiger partial charge in [-0.25, -0.2) is 0 Å². The van der Waals surface area contributed by atoms with Crippen LogP contribution < -0.4 is 4.74 Å². The van der Waals surface area contributed by atoms with Gasteiger partial charge in [-0.05, 0) is 98.5 Å². The van der Waals surface area contributed by atoms with Gasteiger partial charge in [0.05, 0.1) is 29.8 Å². The summed E-state index contributed by atoms with van der Waals surface area (Å²) < 4.78 is 44.8. The molecule has 1 aliphatic heterocycles. The Morgan fingerprint density at radius 1 is 1.18 bits per heavy atom. The Morgan fingerprint density at radius 3 is 2.75 bits per heavy atom. The molecule has 2 aromatic carbocycles. The van der Waals surface area contributed by atoms with Crippen LogP contribution in [0.3, 0.4) is 0 Å². The molecule has 1 N–H and O–H groups in total. The van der Waals surface area contributed by atoms with Crippen LogP contribution in [0.25, 0.3) is 10.9 Å². The Labute approximate surface area is 237 Å². The molecule has 1 fully saturated rings. The van der Waals surface area contributed by atoms with Crippen molar-refractivity contribution in [2.75, 3.05) is 26.7 Å². The highest BCUT2D eigenvalue weighted by molar-refractivity contribution is 6.31. The van der Waals surface area contributed by atoms with E-state index in [4.69, 9.17) is 16.3 Å². The maximum absolute atomic E-state index is 13.1. The predicted octanol–water partition coefficient (Wildman–Crippen LogP) is 7.09. The lowest BCUT2D eigenvalue weighted by Gasteiger charge is -2.38. The molecule has 9 heteroatoms. The van der Waals surface area contributed by atoms with Gasteiger partial charge in [0.2, 0.25) is 0 Å². The first-order valence-corrected chi connectivity index (χ1v) is 13.7. The Morgan fingerprint density at radius 2 is 2.00 bits per heavy atom. The van der Waals surface area contributed by atoms with E-state index in [0.29, 0.717) is 18.9 Å². The second-order valence-corrected chi connectivity index (χ2v) is 10.6. The summed E-state index contributed by atoms with van der Waals surface area (Å²) in [6, 6.07) is 11.6. The number of carbonyl (C=O) groups is 1. The third-order valence-corrected chi connectivity index (χ3v) is 7.90. The van der Waals surface area contributed by atoms with Crippen LogP contribution >= 0.6 is 11.6 Å². The van der Waals surface area contributed by atoms with Crippen molar-refractivity contribution in [2.45, 2.75) is 44.7 Å². The van der Waals surface area contributed by atoms with Gasteiger partial charge in [-0.1, -0.05) is 23.4 Å². The molecule has 0 radical (unpaired) electrons. The van der Waals surface area contributed by atoms with Crippen LogP contribution in [0.15, 0.2) is 48.7 Å². The van der Waals surface area contributed by atoms with Gasteiger partial charge in [-0.2, -0.15) is 13.2 Å². The average molecular weight is 573 g/mol. The van der Waals surface area contributed by atoms with Crippen LogP contribution in [0.2, 0.25) is 5.02 Å². The number of rotatable bonds is 9. The number of pyridine rings is 1. The van der Waals surface area contributed by atoms with Crippen molar-refractivity contribution in [1.82, 2.24) is 9.88 Å². The Kier molecular flexibility index (Phi) is 9.94. The van der Waals surface area contributed by atoms with Crippen molar-refractivity contribution in [3.63, 3.8) is 0 Å². The monoisotopic (exact) mass is 572 g/mol. The number of piperidine rings is 1. The normalized spacial score (nSPS) is 17.8. The molecule has 0 bridgehead atoms. The average Bonchev–Trinajstić information content (AvgIpc) is 2.92. The predicted molar refractivity (Wildman–Crippen MR) is 149 cm³/mol. The summed E-state index contributed by atoms with van der Waals surface area (Å²) in [7, 11) is 1.65. The molecular formula is C31H32ClF3N2O3. The zero-order valence-electron chi connectivity index (χ0n) is 22.3. The number of methoxy groups -OCH3 is 1. The zero-order valence-corrected chi connectivity index (χ0v) is 23.1. The zero-order chi connectivity index (χ0) is 28.7. The number of aliphatic carboxylic acids is 1. The minimum Gasteiger partial charge on any atom is -0.497 e. The quantitative estimate of drug-likeness (QED) is 0.277. The smallest absolute Gasteiger partial charge is 0.417 e. The fourth-order valence-corrected chi connectivity index (χ4v) is 5.70. The summed E-state index contributed by atoms with van der Waals surface area (Å²) in [4.78, 5) is 17.9. The van der Waals surface area contributed by atoms with Gasteiger partial charge >= 0.3 is 12.1 Å². The van der Waals surface area contributed by atoms with Gasteiger partial charge in [0, 0.05) is 30.1 Å². The third-order valence-electron chi connectivity index (χ3n) is 7.57. The van der Waals surface area contributed by atoms with E-state index in [0.717, 1.165) is 61.5 Å². The fourth-order valence-electron chi connectivity index (χ4n) is 5.47. The summed E-state index contributed by atoms with van der Waals surface area (Å²) in [5.41, 5.74) is 1.51. The van der Waals surface area contributed by atoms with Gasteiger partial charge in [-0.15, -0.1) is 0 Å². The molecule has 2 heterocycles. The number of likely N-dealkylation sites (tertiary alicyclic amines) is 1. The number of alkyl halides is 3. The molecule has 0 saturated carbocycles. The van der Waals surface area contributed by atoms with E-state index in [1.807, 2.05) is 30.5 Å². The molecule has 5 nitrogen and oxygen atoms in total. The maximum atomic E-state index is 13.1. The molecule has 2 atom stereocenters. The van der Waals surface area contributed by atoms with E-state index in [1.165, 1.54) is 17.7 Å². The lowest BCUT2D eigenvalue weighted by Crippen LogP contribution is -2.41. The van der Waals surface area contributed by atoms with E-state index in [-0.39, 0.29) is 22.9 Å². The lowest BCUT2D eigenvalue weighted by atomic mass is 9.79. The third kappa shape index (κ3) is 7.89. The van der Waals surface area contributed by atoms with Crippen LogP contribution in [0.4, 0.5) is 13.2 Å². The number of hydrogen-bond acceptors (Lipinski definition) is 4. The molecule has 1 saturated heterocycles. The Bertz CT molecular complexity index is 1400. The van der Waals surface area contributed by atoms with Crippen molar-refractivity contribution < 1.29 is 27.8 Å². The van der Waals surface area contributed by atoms with E-state index >= 15 is 0 Å². The molecule has 0 amide bonds. The van der Waals surface area contributed by atoms with Crippen molar-refractivity contribution in [2.24, 2.45) is 11.8 Å². The minimum absolute atomic E-state index is 0.112. The Balaban J connectivity index is 1.37. The van der Waals surface area contributed by atoms with E-state index in [2.05, 4.69) is 21.7 Å². The number of fused-ring (bicyclic) bond motifs is 1. The van der Waals surface area contributed by atoms with Gasteiger partial charge < -0.3 is 9.84 Å². The number of benzene rings is 2. The van der Waals surface area contributed by atoms with Gasteiger partial charge in [-0.3, -0.25) is 14.7 Å². The molecular weight excluding hydrogens is 541 g/mol. The standard InChI is InChI=1S/C31H32ClF3N2O3/c1-40-25-9-11-29-26(19-25)23(13-15-36-29)6-2-5-22-14-17-37(20-24(22)8-12-30(38)39)16-3-4-21-7-10-28(32)27(18-21)31(33,34)35/h7,9-11,13,15,18-19,22,24H,2,5-6,8,12,14,16-17,20H2,1H3,(H,38,39). The van der Waals surface area contributed by atoms with Crippen molar-refractivity contribution >= 4 is 28.5 Å². The minimum atomic E-state index is -4.54. The molecule has 212 valence electrons. The molecule has 4 rings (SSSR count). The van der Waals surface area contributed by atoms with Gasteiger partial charge in [0.15, 0.2) is 0 Å². The van der Waals surface area contributed by atoms with Crippen molar-refractivity contribution in [1.29, 1.82) is 0 Å². The number of aryl methyl sites for hydroxylation is 1. The first-order chi connectivity index (χ1) is 19.1. The first-order valence-electron chi connectivity index (χ1n) is 13.4. The molecule has 2 unspecified atom stereocenters. The fraction of sp³-hybridized carbons (Fsp3) is 0.419. The van der Waals surface area contributed by atoms with E-state index < -0.39 is 17.7 Å². The highest BCUT2D eigenvalue weighted by Crippen LogP contribution is 2.35. The summed E-state index contributed by atoms with van der Waals surface area (Å²) in [5.74, 6) is 6.42. The number of aromatic nitrogens is 1. The SMILES string of the molecule is COc1ccc2nccc(CCCC3CCN(CC#Cc4ccc(Cl)c(C(F)(F)F)c4)CC3CCC(=O)O)c2c1. The second kappa shape index (κ2) is 13.4. The summed E-state index contributed by atoms with van der Waals surface area (Å²) in [5, 5.41) is 10.0. The first kappa shape index (κ1) is 29.7. The highest BCUT2D eigenvalue weighted by Gasteiger charge is 2.33. The van der Waals surface area contributed by atoms with Crippen LogP contribution in [0.1, 0.15) is 48.8 Å². The maximum Gasteiger partial charge on any atom is 0.417 e. The van der Waals surface area contributed by atoms with Crippen molar-refractivity contribution in [3.8, 4) is 17.6 Å². The molecule has 3 aromatic rings. The number of halogens is 4. The largest absolute Gasteiger partial charge is 0.497 e. The van der Waals surface area contributed by atoms with Crippen LogP contribution in [0, 0.1) is 23.7 Å². The van der Waals surface area contributed by atoms with Gasteiger partial charge in [0.1, 0.15) is 5.75 Å². The Hall–Kier alpha value is -3.28. The highest BCUT2D eigenvalue weighted by atomic mass is 35.5.